The third kappa shape index (κ3) is 4.37. The van der Waals surface area contributed by atoms with Crippen LogP contribution in [0.1, 0.15) is 19.3 Å². The lowest BCUT2D eigenvalue weighted by Gasteiger charge is -2.17. The van der Waals surface area contributed by atoms with Gasteiger partial charge in [-0.25, -0.2) is 0 Å². The third-order valence-corrected chi connectivity index (χ3v) is 3.95. The molecule has 2 aromatic rings. The normalized spacial score (nSPS) is 16.7. The van der Waals surface area contributed by atoms with Crippen molar-refractivity contribution in [1.82, 2.24) is 0 Å². The smallest absolute Gasteiger partial charge is 0.183 e. The Kier molecular flexibility index (Phi) is 7.69. The molecule has 0 aromatic carbocycles. The number of halogens is 2. The number of hydrogen-bond donors (Lipinski definition) is 0. The van der Waals surface area contributed by atoms with Gasteiger partial charge in [0, 0.05) is 36.6 Å². The summed E-state index contributed by atoms with van der Waals surface area (Å²) in [6.07, 6.45) is 14.1. The zero-order valence-corrected chi connectivity index (χ0v) is 15.6. The van der Waals surface area contributed by atoms with Gasteiger partial charge < -0.3 is 34.0 Å². The molecule has 2 nitrogen and oxygen atoms in total. The van der Waals surface area contributed by atoms with Gasteiger partial charge in [0.2, 0.25) is 0 Å². The Morgan fingerprint density at radius 2 is 1.50 bits per heavy atom. The van der Waals surface area contributed by atoms with E-state index in [0.29, 0.717) is 5.92 Å². The fourth-order valence-corrected chi connectivity index (χ4v) is 2.75. The number of rotatable bonds is 3. The molecule has 1 aliphatic carbocycles. The lowest BCUT2D eigenvalue weighted by molar-refractivity contribution is -0.588. The van der Waals surface area contributed by atoms with E-state index in [1.165, 1.54) is 11.4 Å². The van der Waals surface area contributed by atoms with E-state index in [0.717, 1.165) is 19.3 Å². The lowest BCUT2D eigenvalue weighted by atomic mass is 9.90. The molecule has 116 valence electrons. The van der Waals surface area contributed by atoms with Gasteiger partial charge in [0.25, 0.3) is 0 Å². The van der Waals surface area contributed by atoms with E-state index in [4.69, 9.17) is 0 Å². The first-order chi connectivity index (χ1) is 9.84. The molecule has 0 N–H and O–H groups in total. The molecule has 0 radical (unpaired) electrons. The molecule has 1 aliphatic rings. The maximum atomic E-state index is 4.27. The summed E-state index contributed by atoms with van der Waals surface area (Å²) in [5, 5.41) is 0. The van der Waals surface area contributed by atoms with E-state index in [-0.39, 0.29) is 34.0 Å². The van der Waals surface area contributed by atoms with Crippen LogP contribution in [0.2, 0.25) is 0 Å². The average Bonchev–Trinajstić information content (AvgIpc) is 2.56. The van der Waals surface area contributed by atoms with Crippen molar-refractivity contribution in [2.75, 3.05) is 0 Å². The number of aromatic nitrogens is 2. The predicted molar refractivity (Wildman–Crippen MR) is 80.2 cm³/mol. The first kappa shape index (κ1) is 18.8. The van der Waals surface area contributed by atoms with Gasteiger partial charge in [0.05, 0.1) is 0 Å². The highest BCUT2D eigenvalue weighted by atomic mass is 79.9. The summed E-state index contributed by atoms with van der Waals surface area (Å²) < 4.78 is 4.35. The van der Waals surface area contributed by atoms with E-state index in [1.807, 2.05) is 6.07 Å². The van der Waals surface area contributed by atoms with Crippen LogP contribution >= 0.6 is 0 Å². The van der Waals surface area contributed by atoms with Gasteiger partial charge in [-0.2, -0.15) is 9.13 Å². The second-order valence-electron chi connectivity index (χ2n) is 5.22. The quantitative estimate of drug-likeness (QED) is 0.467. The zero-order chi connectivity index (χ0) is 13.8. The molecule has 22 heavy (non-hydrogen) atoms. The molecule has 1 atom stereocenters. The van der Waals surface area contributed by atoms with Crippen molar-refractivity contribution >= 4 is 11.4 Å². The molecule has 0 aliphatic heterocycles. The summed E-state index contributed by atoms with van der Waals surface area (Å²) in [6, 6.07) is 12.3. The Labute approximate surface area is 153 Å². The second kappa shape index (κ2) is 9.01. The predicted octanol–water partition coefficient (Wildman–Crippen LogP) is -2.92. The maximum absolute atomic E-state index is 4.27. The highest BCUT2D eigenvalue weighted by molar-refractivity contribution is 5.41. The lowest BCUT2D eigenvalue weighted by Crippen LogP contribution is -3.00. The standard InChI is InChI=1S/C18H20N2.2BrH/c1-16(19-12-4-2-5-13-19)17-8-10-18(11-9-17)20-14-6-3-7-15-20;;/h2-7,10,12-15,17H,1,8-9,11H2;2*1H/q+2;;/p-2. The van der Waals surface area contributed by atoms with Crippen LogP contribution in [-0.4, -0.2) is 0 Å². The average molecular weight is 424 g/mol. The van der Waals surface area contributed by atoms with Crippen LogP contribution in [0.15, 0.2) is 73.8 Å². The van der Waals surface area contributed by atoms with Crippen molar-refractivity contribution in [2.45, 2.75) is 19.3 Å². The Hall–Kier alpha value is -1.26. The van der Waals surface area contributed by atoms with E-state index < -0.39 is 0 Å². The minimum Gasteiger partial charge on any atom is -1.00 e. The molecule has 3 rings (SSSR count). The zero-order valence-electron chi connectivity index (χ0n) is 12.4. The van der Waals surface area contributed by atoms with Crippen LogP contribution in [0.4, 0.5) is 0 Å². The molecule has 4 heteroatoms. The molecular formula is C18H20Br2N2. The summed E-state index contributed by atoms with van der Waals surface area (Å²) in [7, 11) is 0. The topological polar surface area (TPSA) is 7.76 Å². The Morgan fingerprint density at radius 3 is 2.05 bits per heavy atom. The van der Waals surface area contributed by atoms with Gasteiger partial charge >= 0.3 is 0 Å². The Bertz CT molecular complexity index is 624. The van der Waals surface area contributed by atoms with Crippen LogP contribution in [0.25, 0.3) is 11.4 Å². The monoisotopic (exact) mass is 422 g/mol. The molecular weight excluding hydrogens is 404 g/mol. The van der Waals surface area contributed by atoms with Gasteiger partial charge in [-0.3, -0.25) is 0 Å². The van der Waals surface area contributed by atoms with E-state index >= 15 is 0 Å². The molecule has 0 spiro atoms. The highest BCUT2D eigenvalue weighted by Gasteiger charge is 2.26. The van der Waals surface area contributed by atoms with E-state index in [9.17, 15) is 0 Å². The highest BCUT2D eigenvalue weighted by Crippen LogP contribution is 2.28. The molecule has 2 aromatic heterocycles. The van der Waals surface area contributed by atoms with E-state index in [2.05, 4.69) is 76.9 Å². The fourth-order valence-electron chi connectivity index (χ4n) is 2.75. The van der Waals surface area contributed by atoms with Gasteiger partial charge in [0.1, 0.15) is 0 Å². The summed E-state index contributed by atoms with van der Waals surface area (Å²) in [4.78, 5) is 0. The van der Waals surface area contributed by atoms with Crippen molar-refractivity contribution < 1.29 is 43.1 Å². The Balaban J connectivity index is 0.00000121. The molecule has 0 bridgehead atoms. The maximum Gasteiger partial charge on any atom is 0.183 e. The van der Waals surface area contributed by atoms with Crippen molar-refractivity contribution in [3.8, 4) is 0 Å². The van der Waals surface area contributed by atoms with Crippen LogP contribution < -0.4 is 43.1 Å². The van der Waals surface area contributed by atoms with Gasteiger partial charge in [-0.05, 0) is 25.5 Å². The second-order valence-corrected chi connectivity index (χ2v) is 5.22. The van der Waals surface area contributed by atoms with Crippen LogP contribution in [0.5, 0.6) is 0 Å². The SMILES string of the molecule is C=C(C1CC=C([n+]2ccccc2)CC1)[n+]1ccccc1.[Br-].[Br-]. The number of allylic oxidation sites excluding steroid dienone is 3. The minimum absolute atomic E-state index is 0. The van der Waals surface area contributed by atoms with Crippen molar-refractivity contribution in [2.24, 2.45) is 5.92 Å². The number of pyridine rings is 2. The minimum atomic E-state index is 0. The van der Waals surface area contributed by atoms with Crippen molar-refractivity contribution in [3.05, 3.63) is 73.8 Å². The van der Waals surface area contributed by atoms with Gasteiger partial charge in [0.15, 0.2) is 36.2 Å². The largest absolute Gasteiger partial charge is 1.00 e. The van der Waals surface area contributed by atoms with Gasteiger partial charge in [-0.1, -0.05) is 12.1 Å². The van der Waals surface area contributed by atoms with Crippen LogP contribution in [-0.2, 0) is 0 Å². The first-order valence-corrected chi connectivity index (χ1v) is 7.16. The van der Waals surface area contributed by atoms with Gasteiger partial charge in [-0.15, -0.1) is 0 Å². The first-order valence-electron chi connectivity index (χ1n) is 7.16. The molecule has 0 fully saturated rings. The summed E-state index contributed by atoms with van der Waals surface area (Å²) in [5.41, 5.74) is 2.59. The number of hydrogen-bond acceptors (Lipinski definition) is 0. The van der Waals surface area contributed by atoms with E-state index in [1.54, 1.807) is 0 Å². The molecule has 2 heterocycles. The summed E-state index contributed by atoms with van der Waals surface area (Å²) in [6.45, 7) is 4.27. The van der Waals surface area contributed by atoms with Crippen molar-refractivity contribution in [1.29, 1.82) is 0 Å². The third-order valence-electron chi connectivity index (χ3n) is 3.95. The van der Waals surface area contributed by atoms with Crippen LogP contribution in [0.3, 0.4) is 0 Å². The summed E-state index contributed by atoms with van der Waals surface area (Å²) in [5.74, 6) is 0.537. The van der Waals surface area contributed by atoms with Crippen LogP contribution in [0, 0.1) is 5.92 Å². The Morgan fingerprint density at radius 1 is 0.909 bits per heavy atom. The van der Waals surface area contributed by atoms with Crippen molar-refractivity contribution in [3.63, 3.8) is 0 Å². The molecule has 0 saturated carbocycles. The number of nitrogens with zero attached hydrogens (tertiary/aromatic N) is 2. The molecule has 0 saturated heterocycles. The summed E-state index contributed by atoms with van der Waals surface area (Å²) >= 11 is 0. The fraction of sp³-hybridized carbons (Fsp3) is 0.222. The molecule has 0 amide bonds. The molecule has 1 unspecified atom stereocenters.